The van der Waals surface area contributed by atoms with Crippen LogP contribution in [0.5, 0.6) is 0 Å². The average Bonchev–Trinajstić information content (AvgIpc) is 3.24. The summed E-state index contributed by atoms with van der Waals surface area (Å²) in [6.45, 7) is 0. The van der Waals surface area contributed by atoms with Gasteiger partial charge in [-0.05, 0) is 42.7 Å². The van der Waals surface area contributed by atoms with Crippen LogP contribution >= 0.6 is 23.2 Å². The predicted molar refractivity (Wildman–Crippen MR) is 94.3 cm³/mol. The van der Waals surface area contributed by atoms with Gasteiger partial charge in [-0.1, -0.05) is 41.4 Å². The highest BCUT2D eigenvalue weighted by atomic mass is 35.5. The molecule has 0 spiro atoms. The van der Waals surface area contributed by atoms with Crippen molar-refractivity contribution < 1.29 is 4.79 Å². The molecule has 2 N–H and O–H groups in total. The molecule has 1 amide bonds. The lowest BCUT2D eigenvalue weighted by molar-refractivity contribution is -0.118. The zero-order valence-electron chi connectivity index (χ0n) is 12.2. The van der Waals surface area contributed by atoms with Crippen LogP contribution in [0.4, 0.5) is 5.69 Å². The number of hydrogen-bond acceptors (Lipinski definition) is 1. The number of amides is 1. The van der Waals surface area contributed by atoms with E-state index in [-0.39, 0.29) is 5.91 Å². The largest absolute Gasteiger partial charge is 0.361 e. The number of H-pyrrole nitrogens is 1. The van der Waals surface area contributed by atoms with Crippen LogP contribution < -0.4 is 5.32 Å². The van der Waals surface area contributed by atoms with Gasteiger partial charge >= 0.3 is 0 Å². The van der Waals surface area contributed by atoms with Crippen molar-refractivity contribution in [2.75, 3.05) is 5.32 Å². The first-order valence-electron chi connectivity index (χ1n) is 7.43. The van der Waals surface area contributed by atoms with E-state index in [1.807, 2.05) is 30.5 Å². The molecule has 5 heteroatoms. The fourth-order valence-electron chi connectivity index (χ4n) is 3.05. The van der Waals surface area contributed by atoms with E-state index in [1.54, 1.807) is 18.2 Å². The summed E-state index contributed by atoms with van der Waals surface area (Å²) in [7, 11) is 0. The van der Waals surface area contributed by atoms with E-state index < -0.39 is 5.41 Å². The number of benzene rings is 2. The molecule has 4 rings (SSSR count). The number of nitrogens with one attached hydrogen (secondary N) is 2. The van der Waals surface area contributed by atoms with Gasteiger partial charge in [0.2, 0.25) is 5.91 Å². The highest BCUT2D eigenvalue weighted by Crippen LogP contribution is 2.51. The minimum absolute atomic E-state index is 0.0357. The van der Waals surface area contributed by atoms with Crippen LogP contribution in [-0.4, -0.2) is 10.9 Å². The minimum atomic E-state index is -0.481. The Hall–Kier alpha value is -1.97. The normalized spacial score (nSPS) is 15.6. The van der Waals surface area contributed by atoms with Crippen LogP contribution in [0.2, 0.25) is 10.0 Å². The summed E-state index contributed by atoms with van der Waals surface area (Å²) in [4.78, 5) is 16.1. The fraction of sp³-hybridized carbons (Fsp3) is 0.167. The molecule has 1 aromatic heterocycles. The minimum Gasteiger partial charge on any atom is -0.361 e. The molecular weight excluding hydrogens is 331 g/mol. The lowest BCUT2D eigenvalue weighted by atomic mass is 9.94. The van der Waals surface area contributed by atoms with Crippen LogP contribution in [0.25, 0.3) is 10.9 Å². The third kappa shape index (κ3) is 2.41. The highest BCUT2D eigenvalue weighted by Gasteiger charge is 2.52. The van der Waals surface area contributed by atoms with E-state index >= 15 is 0 Å². The number of aromatic nitrogens is 1. The average molecular weight is 345 g/mol. The Kier molecular flexibility index (Phi) is 3.36. The van der Waals surface area contributed by atoms with E-state index in [0.717, 1.165) is 29.3 Å². The Labute approximate surface area is 143 Å². The van der Waals surface area contributed by atoms with Gasteiger partial charge in [-0.25, -0.2) is 0 Å². The van der Waals surface area contributed by atoms with Crippen LogP contribution in [0.3, 0.4) is 0 Å². The van der Waals surface area contributed by atoms with Crippen molar-refractivity contribution in [2.24, 2.45) is 0 Å². The van der Waals surface area contributed by atoms with Crippen molar-refractivity contribution in [1.82, 2.24) is 4.98 Å². The van der Waals surface area contributed by atoms with Gasteiger partial charge < -0.3 is 10.3 Å². The zero-order chi connectivity index (χ0) is 16.0. The third-order valence-electron chi connectivity index (χ3n) is 4.47. The lowest BCUT2D eigenvalue weighted by Gasteiger charge is -2.16. The van der Waals surface area contributed by atoms with Crippen molar-refractivity contribution in [3.8, 4) is 0 Å². The molecule has 23 heavy (non-hydrogen) atoms. The van der Waals surface area contributed by atoms with E-state index in [2.05, 4.69) is 10.3 Å². The summed E-state index contributed by atoms with van der Waals surface area (Å²) >= 11 is 12.1. The Morgan fingerprint density at radius 3 is 2.70 bits per heavy atom. The number of aromatic amines is 1. The first-order chi connectivity index (χ1) is 11.1. The molecule has 116 valence electrons. The topological polar surface area (TPSA) is 44.9 Å². The first kappa shape index (κ1) is 14.6. The van der Waals surface area contributed by atoms with Gasteiger partial charge in [0.15, 0.2) is 0 Å². The standard InChI is InChI=1S/C18H14Cl2N2O/c19-11-5-6-14(20)16(9-11)22-17(23)18(7-8-18)13-10-21-15-4-2-1-3-12(13)15/h1-6,9-10,21H,7-8H2,(H,22,23). The Morgan fingerprint density at radius 1 is 1.13 bits per heavy atom. The lowest BCUT2D eigenvalue weighted by Crippen LogP contribution is -2.27. The van der Waals surface area contributed by atoms with Gasteiger partial charge in [0.1, 0.15) is 0 Å². The molecule has 0 atom stereocenters. The summed E-state index contributed by atoms with van der Waals surface area (Å²) in [5.41, 5.74) is 2.16. The molecule has 0 radical (unpaired) electrons. The second-order valence-corrected chi connectivity index (χ2v) is 6.75. The Bertz CT molecular complexity index is 912. The molecular formula is C18H14Cl2N2O. The molecule has 1 aliphatic rings. The summed E-state index contributed by atoms with van der Waals surface area (Å²) < 4.78 is 0. The Morgan fingerprint density at radius 2 is 1.91 bits per heavy atom. The van der Waals surface area contributed by atoms with Gasteiger partial charge in [0.25, 0.3) is 0 Å². The second kappa shape index (κ2) is 5.29. The molecule has 1 saturated carbocycles. The quantitative estimate of drug-likeness (QED) is 0.678. The maximum atomic E-state index is 12.9. The van der Waals surface area contributed by atoms with Crippen LogP contribution in [0.15, 0.2) is 48.7 Å². The number of anilines is 1. The smallest absolute Gasteiger partial charge is 0.235 e. The molecule has 0 saturated heterocycles. The number of para-hydroxylation sites is 1. The van der Waals surface area contributed by atoms with Crippen molar-refractivity contribution in [2.45, 2.75) is 18.3 Å². The Balaban J connectivity index is 1.69. The van der Waals surface area contributed by atoms with Crippen LogP contribution in [0.1, 0.15) is 18.4 Å². The first-order valence-corrected chi connectivity index (χ1v) is 8.19. The summed E-state index contributed by atoms with van der Waals surface area (Å²) in [5.74, 6) is -0.0357. The molecule has 0 aliphatic heterocycles. The predicted octanol–water partition coefficient (Wildman–Crippen LogP) is 5.15. The maximum Gasteiger partial charge on any atom is 0.235 e. The van der Waals surface area contributed by atoms with E-state index in [0.29, 0.717) is 15.7 Å². The van der Waals surface area contributed by atoms with Gasteiger partial charge in [0.05, 0.1) is 16.1 Å². The van der Waals surface area contributed by atoms with E-state index in [4.69, 9.17) is 23.2 Å². The van der Waals surface area contributed by atoms with Gasteiger partial charge in [-0.2, -0.15) is 0 Å². The van der Waals surface area contributed by atoms with Gasteiger partial charge in [0, 0.05) is 22.1 Å². The van der Waals surface area contributed by atoms with Crippen molar-refractivity contribution in [3.63, 3.8) is 0 Å². The fourth-order valence-corrected chi connectivity index (χ4v) is 3.38. The monoisotopic (exact) mass is 344 g/mol. The molecule has 0 unspecified atom stereocenters. The van der Waals surface area contributed by atoms with E-state index in [1.165, 1.54) is 0 Å². The molecule has 3 nitrogen and oxygen atoms in total. The number of carbonyl (C=O) groups excluding carboxylic acids is 1. The summed E-state index contributed by atoms with van der Waals surface area (Å²) in [6.07, 6.45) is 3.61. The number of hydrogen-bond donors (Lipinski definition) is 2. The molecule has 1 fully saturated rings. The van der Waals surface area contributed by atoms with Crippen molar-refractivity contribution in [3.05, 3.63) is 64.3 Å². The van der Waals surface area contributed by atoms with Gasteiger partial charge in [-0.15, -0.1) is 0 Å². The maximum absolute atomic E-state index is 12.9. The number of halogens is 2. The molecule has 0 bridgehead atoms. The van der Waals surface area contributed by atoms with Crippen LogP contribution in [0, 0.1) is 0 Å². The molecule has 3 aromatic rings. The number of rotatable bonds is 3. The van der Waals surface area contributed by atoms with Crippen molar-refractivity contribution in [1.29, 1.82) is 0 Å². The molecule has 1 heterocycles. The number of carbonyl (C=O) groups is 1. The molecule has 1 aliphatic carbocycles. The summed E-state index contributed by atoms with van der Waals surface area (Å²) in [5, 5.41) is 5.06. The highest BCUT2D eigenvalue weighted by molar-refractivity contribution is 6.35. The SMILES string of the molecule is O=C(Nc1cc(Cl)ccc1Cl)C1(c2c[nH]c3ccccc23)CC1. The second-order valence-electron chi connectivity index (χ2n) is 5.91. The van der Waals surface area contributed by atoms with Crippen LogP contribution in [-0.2, 0) is 10.2 Å². The van der Waals surface area contributed by atoms with Crippen molar-refractivity contribution >= 4 is 45.7 Å². The third-order valence-corrected chi connectivity index (χ3v) is 5.03. The summed E-state index contributed by atoms with van der Waals surface area (Å²) in [6, 6.07) is 13.1. The molecule has 2 aromatic carbocycles. The van der Waals surface area contributed by atoms with E-state index in [9.17, 15) is 4.79 Å². The number of fused-ring (bicyclic) bond motifs is 1. The van der Waals surface area contributed by atoms with Gasteiger partial charge in [-0.3, -0.25) is 4.79 Å². The zero-order valence-corrected chi connectivity index (χ0v) is 13.7.